The first-order chi connectivity index (χ1) is 18.3. The molecule has 0 spiro atoms. The van der Waals surface area contributed by atoms with Crippen LogP contribution in [0, 0.1) is 13.8 Å². The Morgan fingerprint density at radius 3 is 1.79 bits per heavy atom. The van der Waals surface area contributed by atoms with E-state index in [2.05, 4.69) is 0 Å². The number of ether oxygens (including phenoxy) is 1. The quantitative estimate of drug-likeness (QED) is 0.263. The van der Waals surface area contributed by atoms with Crippen LogP contribution in [0.4, 0.5) is 5.69 Å². The molecule has 38 heavy (non-hydrogen) atoms. The van der Waals surface area contributed by atoms with Crippen molar-refractivity contribution in [2.45, 2.75) is 31.8 Å². The van der Waals surface area contributed by atoms with E-state index in [9.17, 15) is 13.2 Å². The van der Waals surface area contributed by atoms with Crippen LogP contribution in [0.3, 0.4) is 0 Å². The lowest BCUT2D eigenvalue weighted by Crippen LogP contribution is -2.42. The summed E-state index contributed by atoms with van der Waals surface area (Å²) in [6.07, 6.45) is 0. The summed E-state index contributed by atoms with van der Waals surface area (Å²) >= 11 is 0. The van der Waals surface area contributed by atoms with Gasteiger partial charge in [0.1, 0.15) is 17.2 Å². The molecule has 196 valence electrons. The SMILES string of the molecule is COc1ccc(C)cc1S(=O)(=O)N(CC(=O)N(Cc1ccccc1)Cc1ccccc1)c1ccc(C)cc1. The first-order valence-electron chi connectivity index (χ1n) is 12.4. The standard InChI is InChI=1S/C31H32N2O4S/c1-24-14-17-28(18-15-24)33(38(35,36)30-20-25(2)16-19-29(30)37-3)23-31(34)32(21-26-10-6-4-7-11-26)22-27-12-8-5-9-13-27/h4-20H,21-23H2,1-3H3. The minimum atomic E-state index is -4.15. The average molecular weight is 529 g/mol. The van der Waals surface area contributed by atoms with Crippen LogP contribution in [-0.4, -0.2) is 32.9 Å². The van der Waals surface area contributed by atoms with Crippen LogP contribution < -0.4 is 9.04 Å². The number of anilines is 1. The van der Waals surface area contributed by atoms with Crippen LogP contribution in [0.15, 0.2) is 108 Å². The summed E-state index contributed by atoms with van der Waals surface area (Å²) in [5, 5.41) is 0. The fourth-order valence-electron chi connectivity index (χ4n) is 4.19. The van der Waals surface area contributed by atoms with Crippen molar-refractivity contribution in [1.29, 1.82) is 0 Å². The predicted molar refractivity (Wildman–Crippen MR) is 151 cm³/mol. The average Bonchev–Trinajstić information content (AvgIpc) is 2.93. The van der Waals surface area contributed by atoms with Gasteiger partial charge >= 0.3 is 0 Å². The number of methoxy groups -OCH3 is 1. The minimum Gasteiger partial charge on any atom is -0.495 e. The number of aryl methyl sites for hydroxylation is 2. The van der Waals surface area contributed by atoms with Gasteiger partial charge in [0.05, 0.1) is 12.8 Å². The van der Waals surface area contributed by atoms with E-state index in [0.717, 1.165) is 22.3 Å². The number of benzene rings is 4. The van der Waals surface area contributed by atoms with E-state index in [0.29, 0.717) is 18.8 Å². The normalized spacial score (nSPS) is 11.1. The molecule has 0 aliphatic rings. The van der Waals surface area contributed by atoms with Crippen LogP contribution >= 0.6 is 0 Å². The smallest absolute Gasteiger partial charge is 0.268 e. The summed E-state index contributed by atoms with van der Waals surface area (Å²) in [7, 11) is -2.71. The molecule has 0 aliphatic carbocycles. The molecule has 6 nitrogen and oxygen atoms in total. The Balaban J connectivity index is 1.74. The molecule has 0 fully saturated rings. The molecule has 4 aromatic rings. The Kier molecular flexibility index (Phi) is 8.48. The number of sulfonamides is 1. The Morgan fingerprint density at radius 1 is 0.737 bits per heavy atom. The molecule has 7 heteroatoms. The fourth-order valence-corrected chi connectivity index (χ4v) is 5.85. The fraction of sp³-hybridized carbons (Fsp3) is 0.194. The first-order valence-corrected chi connectivity index (χ1v) is 13.8. The highest BCUT2D eigenvalue weighted by atomic mass is 32.2. The van der Waals surface area contributed by atoms with Gasteiger partial charge in [-0.05, 0) is 54.8 Å². The number of carbonyl (C=O) groups excluding carboxylic acids is 1. The maximum absolute atomic E-state index is 14.1. The van der Waals surface area contributed by atoms with Gasteiger partial charge in [-0.3, -0.25) is 9.10 Å². The number of rotatable bonds is 10. The Morgan fingerprint density at radius 2 is 1.26 bits per heavy atom. The zero-order chi connectivity index (χ0) is 27.1. The third-order valence-corrected chi connectivity index (χ3v) is 8.07. The lowest BCUT2D eigenvalue weighted by molar-refractivity contribution is -0.130. The van der Waals surface area contributed by atoms with Crippen LogP contribution in [0.1, 0.15) is 22.3 Å². The van der Waals surface area contributed by atoms with Crippen LogP contribution in [0.2, 0.25) is 0 Å². The third-order valence-electron chi connectivity index (χ3n) is 6.27. The van der Waals surface area contributed by atoms with E-state index in [-0.39, 0.29) is 23.1 Å². The highest BCUT2D eigenvalue weighted by molar-refractivity contribution is 7.93. The maximum atomic E-state index is 14.1. The summed E-state index contributed by atoms with van der Waals surface area (Å²) in [6, 6.07) is 31.5. The van der Waals surface area contributed by atoms with Crippen molar-refractivity contribution in [3.8, 4) is 5.75 Å². The number of hydrogen-bond donors (Lipinski definition) is 0. The summed E-state index contributed by atoms with van der Waals surface area (Å²) in [5.74, 6) is -0.0842. The zero-order valence-electron chi connectivity index (χ0n) is 21.9. The molecule has 0 atom stereocenters. The molecule has 4 aromatic carbocycles. The summed E-state index contributed by atoms with van der Waals surface area (Å²) < 4.78 is 34.8. The second kappa shape index (κ2) is 12.0. The highest BCUT2D eigenvalue weighted by Gasteiger charge is 2.31. The van der Waals surface area contributed by atoms with Gasteiger partial charge < -0.3 is 9.64 Å². The van der Waals surface area contributed by atoms with Crippen LogP contribution in [-0.2, 0) is 27.9 Å². The minimum absolute atomic E-state index is 0.0195. The van der Waals surface area contributed by atoms with E-state index in [4.69, 9.17) is 4.74 Å². The van der Waals surface area contributed by atoms with Crippen molar-refractivity contribution in [1.82, 2.24) is 4.90 Å². The summed E-state index contributed by atoms with van der Waals surface area (Å²) in [5.41, 5.74) is 4.09. The van der Waals surface area contributed by atoms with E-state index in [1.807, 2.05) is 86.6 Å². The Bertz CT molecular complexity index is 1430. The molecule has 0 aliphatic heterocycles. The number of carbonyl (C=O) groups is 1. The van der Waals surface area contributed by atoms with Gasteiger partial charge in [0.25, 0.3) is 10.0 Å². The zero-order valence-corrected chi connectivity index (χ0v) is 22.7. The van der Waals surface area contributed by atoms with E-state index < -0.39 is 10.0 Å². The molecule has 0 aromatic heterocycles. The molecule has 0 unspecified atom stereocenters. The molecule has 0 N–H and O–H groups in total. The van der Waals surface area contributed by atoms with Crippen molar-refractivity contribution >= 4 is 21.6 Å². The summed E-state index contributed by atoms with van der Waals surface area (Å²) in [6.45, 7) is 4.09. The molecule has 4 rings (SSSR count). The lowest BCUT2D eigenvalue weighted by Gasteiger charge is -2.29. The molecule has 0 saturated heterocycles. The topological polar surface area (TPSA) is 66.9 Å². The first kappa shape index (κ1) is 26.9. The van der Waals surface area contributed by atoms with E-state index in [1.54, 1.807) is 35.2 Å². The molecule has 0 bridgehead atoms. The molecule has 0 radical (unpaired) electrons. The monoisotopic (exact) mass is 528 g/mol. The van der Waals surface area contributed by atoms with Crippen molar-refractivity contribution < 1.29 is 17.9 Å². The second-order valence-electron chi connectivity index (χ2n) is 9.22. The Labute approximate surface area is 225 Å². The van der Waals surface area contributed by atoms with Gasteiger partial charge in [0.2, 0.25) is 5.91 Å². The third kappa shape index (κ3) is 6.42. The van der Waals surface area contributed by atoms with Gasteiger partial charge in [-0.2, -0.15) is 0 Å². The van der Waals surface area contributed by atoms with Crippen LogP contribution in [0.5, 0.6) is 5.75 Å². The predicted octanol–water partition coefficient (Wildman–Crippen LogP) is 5.74. The van der Waals surface area contributed by atoms with Crippen LogP contribution in [0.25, 0.3) is 0 Å². The second-order valence-corrected chi connectivity index (χ2v) is 11.1. The van der Waals surface area contributed by atoms with Crippen molar-refractivity contribution in [2.75, 3.05) is 18.0 Å². The lowest BCUT2D eigenvalue weighted by atomic mass is 10.1. The molecular formula is C31H32N2O4S. The number of nitrogens with zero attached hydrogens (tertiary/aromatic N) is 2. The molecule has 0 saturated carbocycles. The largest absolute Gasteiger partial charge is 0.495 e. The van der Waals surface area contributed by atoms with Gasteiger partial charge in [-0.15, -0.1) is 0 Å². The van der Waals surface area contributed by atoms with Gasteiger partial charge in [-0.1, -0.05) is 84.4 Å². The number of amides is 1. The van der Waals surface area contributed by atoms with E-state index >= 15 is 0 Å². The maximum Gasteiger partial charge on any atom is 0.268 e. The molecule has 1 amide bonds. The summed E-state index contributed by atoms with van der Waals surface area (Å²) in [4.78, 5) is 15.6. The van der Waals surface area contributed by atoms with Crippen molar-refractivity contribution in [3.05, 3.63) is 125 Å². The van der Waals surface area contributed by atoms with Gasteiger partial charge in [0.15, 0.2) is 0 Å². The highest BCUT2D eigenvalue weighted by Crippen LogP contribution is 2.31. The Hall–Kier alpha value is -4.10. The van der Waals surface area contributed by atoms with Crippen molar-refractivity contribution in [3.63, 3.8) is 0 Å². The van der Waals surface area contributed by atoms with Gasteiger partial charge in [-0.25, -0.2) is 8.42 Å². The van der Waals surface area contributed by atoms with E-state index in [1.165, 1.54) is 11.4 Å². The van der Waals surface area contributed by atoms with Crippen molar-refractivity contribution in [2.24, 2.45) is 0 Å². The molecular weight excluding hydrogens is 496 g/mol. The number of hydrogen-bond acceptors (Lipinski definition) is 4. The molecule has 0 heterocycles. The van der Waals surface area contributed by atoms with Gasteiger partial charge in [0, 0.05) is 13.1 Å².